The van der Waals surface area contributed by atoms with Gasteiger partial charge in [-0.25, -0.2) is 0 Å². The van der Waals surface area contributed by atoms with Gasteiger partial charge in [0, 0.05) is 18.9 Å². The molecule has 0 rings (SSSR count). The molecule has 0 aliphatic rings. The summed E-state index contributed by atoms with van der Waals surface area (Å²) in [6.45, 7) is 4.27. The van der Waals surface area contributed by atoms with Crippen molar-refractivity contribution in [3.63, 3.8) is 0 Å². The van der Waals surface area contributed by atoms with Gasteiger partial charge in [0.2, 0.25) is 0 Å². The van der Waals surface area contributed by atoms with E-state index in [1.807, 2.05) is 0 Å². The molecule has 1 unspecified atom stereocenters. The summed E-state index contributed by atoms with van der Waals surface area (Å²) in [6.07, 6.45) is 8.21. The zero-order valence-electron chi connectivity index (χ0n) is 9.10. The molecule has 76 valence electrons. The molecule has 1 nitrogen and oxygen atoms in total. The maximum atomic E-state index is 5.62. The highest BCUT2D eigenvalue weighted by molar-refractivity contribution is 4.98. The van der Waals surface area contributed by atoms with Crippen molar-refractivity contribution in [3.05, 3.63) is 0 Å². The van der Waals surface area contributed by atoms with E-state index in [0.717, 1.165) is 25.7 Å². The van der Waals surface area contributed by atoms with Crippen LogP contribution in [0.5, 0.6) is 0 Å². The van der Waals surface area contributed by atoms with Crippen LogP contribution in [0.1, 0.15) is 58.8 Å². The van der Waals surface area contributed by atoms with Crippen LogP contribution < -0.4 is 5.73 Å². The van der Waals surface area contributed by atoms with E-state index < -0.39 is 0 Å². The summed E-state index contributed by atoms with van der Waals surface area (Å²) in [5.41, 5.74) is 5.62. The van der Waals surface area contributed by atoms with Gasteiger partial charge in [0.15, 0.2) is 0 Å². The van der Waals surface area contributed by atoms with Gasteiger partial charge in [-0.05, 0) is 26.2 Å². The molecular formula is C12H23N. The molecule has 0 saturated heterocycles. The Balaban J connectivity index is 3.11. The maximum Gasteiger partial charge on any atom is 0.00892 e. The van der Waals surface area contributed by atoms with E-state index in [-0.39, 0.29) is 0 Å². The van der Waals surface area contributed by atoms with E-state index in [2.05, 4.69) is 25.7 Å². The SMILES string of the molecule is CCCCCC#CCCCC(C)N. The van der Waals surface area contributed by atoms with E-state index in [9.17, 15) is 0 Å². The monoisotopic (exact) mass is 181 g/mol. The van der Waals surface area contributed by atoms with Crippen molar-refractivity contribution < 1.29 is 0 Å². The Morgan fingerprint density at radius 2 is 1.69 bits per heavy atom. The number of unbranched alkanes of at least 4 members (excludes halogenated alkanes) is 4. The Morgan fingerprint density at radius 1 is 1.08 bits per heavy atom. The van der Waals surface area contributed by atoms with Crippen LogP contribution in [-0.4, -0.2) is 6.04 Å². The van der Waals surface area contributed by atoms with Gasteiger partial charge in [-0.1, -0.05) is 19.8 Å². The molecule has 1 heteroatoms. The molecular weight excluding hydrogens is 158 g/mol. The first-order valence-electron chi connectivity index (χ1n) is 5.48. The first kappa shape index (κ1) is 12.5. The van der Waals surface area contributed by atoms with E-state index in [4.69, 9.17) is 5.73 Å². The smallest absolute Gasteiger partial charge is 0.00892 e. The summed E-state index contributed by atoms with van der Waals surface area (Å²) >= 11 is 0. The third kappa shape index (κ3) is 11.5. The van der Waals surface area contributed by atoms with Crippen molar-refractivity contribution in [2.75, 3.05) is 0 Å². The molecule has 0 radical (unpaired) electrons. The molecule has 0 aliphatic carbocycles. The molecule has 0 saturated carbocycles. The van der Waals surface area contributed by atoms with Crippen molar-refractivity contribution in [2.24, 2.45) is 5.73 Å². The minimum absolute atomic E-state index is 0.335. The van der Waals surface area contributed by atoms with Crippen LogP contribution in [0, 0.1) is 11.8 Å². The van der Waals surface area contributed by atoms with Crippen molar-refractivity contribution in [1.82, 2.24) is 0 Å². The first-order valence-corrected chi connectivity index (χ1v) is 5.48. The normalized spacial score (nSPS) is 11.9. The highest BCUT2D eigenvalue weighted by atomic mass is 14.6. The van der Waals surface area contributed by atoms with Crippen LogP contribution in [-0.2, 0) is 0 Å². The highest BCUT2D eigenvalue weighted by Gasteiger charge is 1.90. The van der Waals surface area contributed by atoms with Crippen molar-refractivity contribution >= 4 is 0 Å². The Bertz CT molecular complexity index is 150. The molecule has 1 atom stereocenters. The fraction of sp³-hybridized carbons (Fsp3) is 0.833. The van der Waals surface area contributed by atoms with E-state index in [1.54, 1.807) is 0 Å². The standard InChI is InChI=1S/C12H23N/c1-3-4-5-6-7-8-9-10-11-12(2)13/h12H,3-6,9-11,13H2,1-2H3. The molecule has 2 N–H and O–H groups in total. The van der Waals surface area contributed by atoms with Gasteiger partial charge in [-0.2, -0.15) is 0 Å². The second kappa shape index (κ2) is 9.61. The Labute approximate surface area is 83.1 Å². The summed E-state index contributed by atoms with van der Waals surface area (Å²) in [4.78, 5) is 0. The molecule has 0 amide bonds. The quantitative estimate of drug-likeness (QED) is 0.494. The van der Waals surface area contributed by atoms with Gasteiger partial charge < -0.3 is 5.73 Å². The van der Waals surface area contributed by atoms with Crippen LogP contribution >= 0.6 is 0 Å². The van der Waals surface area contributed by atoms with Crippen LogP contribution in [0.2, 0.25) is 0 Å². The second-order valence-corrected chi connectivity index (χ2v) is 3.68. The fourth-order valence-corrected chi connectivity index (χ4v) is 1.15. The molecule has 0 aliphatic heterocycles. The lowest BCUT2D eigenvalue weighted by Gasteiger charge is -1.99. The average Bonchev–Trinajstić information content (AvgIpc) is 2.09. The van der Waals surface area contributed by atoms with Crippen LogP contribution in [0.25, 0.3) is 0 Å². The first-order chi connectivity index (χ1) is 6.27. The Kier molecular flexibility index (Phi) is 9.25. The zero-order valence-corrected chi connectivity index (χ0v) is 9.10. The molecule has 0 fully saturated rings. The van der Waals surface area contributed by atoms with Gasteiger partial charge in [0.25, 0.3) is 0 Å². The molecule has 0 heterocycles. The lowest BCUT2D eigenvalue weighted by molar-refractivity contribution is 0.634. The minimum Gasteiger partial charge on any atom is -0.328 e. The van der Waals surface area contributed by atoms with E-state index in [1.165, 1.54) is 19.3 Å². The average molecular weight is 181 g/mol. The summed E-state index contributed by atoms with van der Waals surface area (Å²) in [5, 5.41) is 0. The Hall–Kier alpha value is -0.480. The molecule has 0 aromatic rings. The summed E-state index contributed by atoms with van der Waals surface area (Å²) in [7, 11) is 0. The number of hydrogen-bond donors (Lipinski definition) is 1. The van der Waals surface area contributed by atoms with Crippen LogP contribution in [0.4, 0.5) is 0 Å². The molecule has 0 aromatic carbocycles. The van der Waals surface area contributed by atoms with E-state index >= 15 is 0 Å². The molecule has 0 aromatic heterocycles. The summed E-state index contributed by atoms with van der Waals surface area (Å²) < 4.78 is 0. The highest BCUT2D eigenvalue weighted by Crippen LogP contribution is 1.99. The summed E-state index contributed by atoms with van der Waals surface area (Å²) in [6, 6.07) is 0.335. The van der Waals surface area contributed by atoms with Crippen LogP contribution in [0.15, 0.2) is 0 Å². The van der Waals surface area contributed by atoms with E-state index in [0.29, 0.717) is 6.04 Å². The largest absolute Gasteiger partial charge is 0.328 e. The van der Waals surface area contributed by atoms with Gasteiger partial charge in [-0.3, -0.25) is 0 Å². The van der Waals surface area contributed by atoms with Crippen molar-refractivity contribution in [2.45, 2.75) is 64.8 Å². The topological polar surface area (TPSA) is 26.0 Å². The minimum atomic E-state index is 0.335. The zero-order chi connectivity index (χ0) is 9.94. The van der Waals surface area contributed by atoms with Crippen LogP contribution in [0.3, 0.4) is 0 Å². The number of rotatable bonds is 6. The fourth-order valence-electron chi connectivity index (χ4n) is 1.15. The predicted molar refractivity (Wildman–Crippen MR) is 59.4 cm³/mol. The molecule has 0 spiro atoms. The Morgan fingerprint density at radius 3 is 2.23 bits per heavy atom. The maximum absolute atomic E-state index is 5.62. The third-order valence-electron chi connectivity index (χ3n) is 1.99. The van der Waals surface area contributed by atoms with Gasteiger partial charge in [-0.15, -0.1) is 11.8 Å². The predicted octanol–water partition coefficient (Wildman–Crippen LogP) is 3.09. The van der Waals surface area contributed by atoms with Crippen molar-refractivity contribution in [3.8, 4) is 11.8 Å². The lowest BCUT2D eigenvalue weighted by atomic mass is 10.1. The van der Waals surface area contributed by atoms with Gasteiger partial charge in [0.05, 0.1) is 0 Å². The summed E-state index contributed by atoms with van der Waals surface area (Å²) in [5.74, 6) is 6.40. The number of nitrogens with two attached hydrogens (primary N) is 1. The second-order valence-electron chi connectivity index (χ2n) is 3.68. The van der Waals surface area contributed by atoms with Gasteiger partial charge in [0.1, 0.15) is 0 Å². The molecule has 0 bridgehead atoms. The third-order valence-corrected chi connectivity index (χ3v) is 1.99. The molecule has 13 heavy (non-hydrogen) atoms. The van der Waals surface area contributed by atoms with Gasteiger partial charge >= 0.3 is 0 Å². The van der Waals surface area contributed by atoms with Crippen molar-refractivity contribution in [1.29, 1.82) is 0 Å². The lowest BCUT2D eigenvalue weighted by Crippen LogP contribution is -2.13. The number of hydrogen-bond acceptors (Lipinski definition) is 1.